The number of nitrogens with two attached hydrogens (primary N) is 1. The molecule has 1 saturated heterocycles. The van der Waals surface area contributed by atoms with Crippen LogP contribution in [0.2, 0.25) is 0 Å². The van der Waals surface area contributed by atoms with Crippen molar-refractivity contribution in [1.29, 1.82) is 0 Å². The van der Waals surface area contributed by atoms with E-state index in [2.05, 4.69) is 23.1 Å². The lowest BCUT2D eigenvalue weighted by molar-refractivity contribution is 0.163. The van der Waals surface area contributed by atoms with Gasteiger partial charge in [-0.05, 0) is 56.0 Å². The van der Waals surface area contributed by atoms with E-state index in [0.717, 1.165) is 56.6 Å². The van der Waals surface area contributed by atoms with Gasteiger partial charge in [0.2, 0.25) is 0 Å². The molecule has 21 heavy (non-hydrogen) atoms. The number of hydrogen-bond acceptors (Lipinski definition) is 4. The minimum atomic E-state index is 0.749. The summed E-state index contributed by atoms with van der Waals surface area (Å²) in [6.07, 6.45) is 4.72. The van der Waals surface area contributed by atoms with Crippen molar-refractivity contribution in [2.24, 2.45) is 11.7 Å². The smallest absolute Gasteiger partial charge is 0.161 e. The van der Waals surface area contributed by atoms with Gasteiger partial charge in [-0.15, -0.1) is 0 Å². The van der Waals surface area contributed by atoms with Gasteiger partial charge in [-0.2, -0.15) is 0 Å². The second-order valence-electron chi connectivity index (χ2n) is 6.15. The Balaban J connectivity index is 1.63. The third-order valence-corrected chi connectivity index (χ3v) is 4.40. The van der Waals surface area contributed by atoms with Crippen molar-refractivity contribution in [2.45, 2.75) is 32.2 Å². The van der Waals surface area contributed by atoms with Gasteiger partial charge in [-0.1, -0.05) is 6.07 Å². The quantitative estimate of drug-likeness (QED) is 0.925. The summed E-state index contributed by atoms with van der Waals surface area (Å²) < 4.78 is 11.5. The lowest BCUT2D eigenvalue weighted by Crippen LogP contribution is -2.35. The number of hydrogen-bond donors (Lipinski definition) is 1. The van der Waals surface area contributed by atoms with E-state index >= 15 is 0 Å². The monoisotopic (exact) mass is 290 g/mol. The van der Waals surface area contributed by atoms with Crippen molar-refractivity contribution in [1.82, 2.24) is 4.90 Å². The maximum Gasteiger partial charge on any atom is 0.161 e. The van der Waals surface area contributed by atoms with Gasteiger partial charge >= 0.3 is 0 Å². The fraction of sp³-hybridized carbons (Fsp3) is 0.647. The van der Waals surface area contributed by atoms with Crippen LogP contribution in [0.25, 0.3) is 0 Å². The Morgan fingerprint density at radius 3 is 2.86 bits per heavy atom. The number of likely N-dealkylation sites (tertiary alicyclic amines) is 1. The third-order valence-electron chi connectivity index (χ3n) is 4.40. The maximum absolute atomic E-state index is 5.78. The lowest BCUT2D eigenvalue weighted by atomic mass is 9.94. The molecule has 0 bridgehead atoms. The van der Waals surface area contributed by atoms with Crippen molar-refractivity contribution in [3.05, 3.63) is 23.8 Å². The second kappa shape index (κ2) is 7.14. The standard InChI is InChI=1S/C17H26N2O2/c18-7-6-14-3-1-8-19(12-14)13-15-4-5-16-17(11-15)21-10-2-9-20-16/h4-5,11,14H,1-3,6-10,12-13,18H2. The molecule has 1 aromatic rings. The summed E-state index contributed by atoms with van der Waals surface area (Å²) in [4.78, 5) is 2.54. The van der Waals surface area contributed by atoms with Crippen LogP contribution in [0.4, 0.5) is 0 Å². The Morgan fingerprint density at radius 1 is 1.14 bits per heavy atom. The van der Waals surface area contributed by atoms with Gasteiger partial charge in [0, 0.05) is 19.5 Å². The van der Waals surface area contributed by atoms with Crippen LogP contribution < -0.4 is 15.2 Å². The van der Waals surface area contributed by atoms with Crippen LogP contribution in [0.15, 0.2) is 18.2 Å². The molecule has 0 radical (unpaired) electrons. The van der Waals surface area contributed by atoms with Crippen molar-refractivity contribution >= 4 is 0 Å². The number of ether oxygens (including phenoxy) is 2. The normalized spacial score (nSPS) is 22.8. The van der Waals surface area contributed by atoms with E-state index < -0.39 is 0 Å². The molecule has 1 atom stereocenters. The Labute approximate surface area is 127 Å². The fourth-order valence-electron chi connectivity index (χ4n) is 3.33. The van der Waals surface area contributed by atoms with Crippen LogP contribution in [0, 0.1) is 5.92 Å². The molecule has 0 spiro atoms. The fourth-order valence-corrected chi connectivity index (χ4v) is 3.33. The SMILES string of the molecule is NCCC1CCCN(Cc2ccc3c(c2)OCCCO3)C1. The zero-order valence-electron chi connectivity index (χ0n) is 12.7. The molecule has 2 N–H and O–H groups in total. The number of piperidine rings is 1. The first kappa shape index (κ1) is 14.7. The van der Waals surface area contributed by atoms with Crippen molar-refractivity contribution in [2.75, 3.05) is 32.8 Å². The topological polar surface area (TPSA) is 47.7 Å². The van der Waals surface area contributed by atoms with E-state index in [9.17, 15) is 0 Å². The molecule has 2 aliphatic heterocycles. The first-order chi connectivity index (χ1) is 10.3. The first-order valence-electron chi connectivity index (χ1n) is 8.16. The Hall–Kier alpha value is -1.26. The van der Waals surface area contributed by atoms with E-state index in [1.165, 1.54) is 31.5 Å². The number of nitrogens with zero attached hydrogens (tertiary/aromatic N) is 1. The molecule has 116 valence electrons. The molecule has 3 rings (SSSR count). The van der Waals surface area contributed by atoms with E-state index in [1.807, 2.05) is 0 Å². The number of rotatable bonds is 4. The molecule has 1 aromatic carbocycles. The van der Waals surface area contributed by atoms with Crippen LogP contribution in [0.3, 0.4) is 0 Å². The highest BCUT2D eigenvalue weighted by molar-refractivity contribution is 5.43. The van der Waals surface area contributed by atoms with Gasteiger partial charge < -0.3 is 15.2 Å². The molecule has 4 nitrogen and oxygen atoms in total. The van der Waals surface area contributed by atoms with Crippen LogP contribution >= 0.6 is 0 Å². The predicted octanol–water partition coefficient (Wildman–Crippen LogP) is 2.41. The highest BCUT2D eigenvalue weighted by Gasteiger charge is 2.20. The van der Waals surface area contributed by atoms with Gasteiger partial charge in [-0.3, -0.25) is 4.90 Å². The lowest BCUT2D eigenvalue weighted by Gasteiger charge is -2.32. The van der Waals surface area contributed by atoms with E-state index in [0.29, 0.717) is 0 Å². The summed E-state index contributed by atoms with van der Waals surface area (Å²) in [5.41, 5.74) is 7.01. The summed E-state index contributed by atoms with van der Waals surface area (Å²) in [6, 6.07) is 6.37. The number of benzene rings is 1. The van der Waals surface area contributed by atoms with Gasteiger partial charge in [-0.25, -0.2) is 0 Å². The van der Waals surface area contributed by atoms with Crippen molar-refractivity contribution < 1.29 is 9.47 Å². The number of fused-ring (bicyclic) bond motifs is 1. The van der Waals surface area contributed by atoms with Crippen LogP contribution in [-0.4, -0.2) is 37.7 Å². The summed E-state index contributed by atoms with van der Waals surface area (Å²) >= 11 is 0. The van der Waals surface area contributed by atoms with Crippen LogP contribution in [0.1, 0.15) is 31.2 Å². The van der Waals surface area contributed by atoms with E-state index in [-0.39, 0.29) is 0 Å². The summed E-state index contributed by atoms with van der Waals surface area (Å²) in [7, 11) is 0. The molecule has 1 unspecified atom stereocenters. The maximum atomic E-state index is 5.78. The largest absolute Gasteiger partial charge is 0.490 e. The average molecular weight is 290 g/mol. The molecule has 2 aliphatic rings. The Kier molecular flexibility index (Phi) is 4.99. The molecule has 2 heterocycles. The highest BCUT2D eigenvalue weighted by atomic mass is 16.5. The van der Waals surface area contributed by atoms with Crippen molar-refractivity contribution in [3.63, 3.8) is 0 Å². The van der Waals surface area contributed by atoms with Gasteiger partial charge in [0.25, 0.3) is 0 Å². The molecular weight excluding hydrogens is 264 g/mol. The van der Waals surface area contributed by atoms with Gasteiger partial charge in [0.1, 0.15) is 0 Å². The predicted molar refractivity (Wildman–Crippen MR) is 83.7 cm³/mol. The van der Waals surface area contributed by atoms with E-state index in [4.69, 9.17) is 15.2 Å². The first-order valence-corrected chi connectivity index (χ1v) is 8.16. The second-order valence-corrected chi connectivity index (χ2v) is 6.15. The molecule has 0 aliphatic carbocycles. The average Bonchev–Trinajstić information content (AvgIpc) is 2.73. The Bertz CT molecular complexity index is 462. The molecule has 0 aromatic heterocycles. The van der Waals surface area contributed by atoms with Crippen LogP contribution in [0.5, 0.6) is 11.5 Å². The third kappa shape index (κ3) is 3.89. The van der Waals surface area contributed by atoms with Crippen LogP contribution in [-0.2, 0) is 6.54 Å². The minimum Gasteiger partial charge on any atom is -0.490 e. The summed E-state index contributed by atoms with van der Waals surface area (Å²) in [5, 5.41) is 0. The summed E-state index contributed by atoms with van der Waals surface area (Å²) in [6.45, 7) is 5.67. The zero-order valence-corrected chi connectivity index (χ0v) is 12.7. The molecule has 4 heteroatoms. The minimum absolute atomic E-state index is 0.749. The van der Waals surface area contributed by atoms with E-state index in [1.54, 1.807) is 0 Å². The van der Waals surface area contributed by atoms with Crippen molar-refractivity contribution in [3.8, 4) is 11.5 Å². The molecule has 0 amide bonds. The zero-order chi connectivity index (χ0) is 14.5. The molecule has 0 saturated carbocycles. The van der Waals surface area contributed by atoms with Gasteiger partial charge in [0.05, 0.1) is 13.2 Å². The Morgan fingerprint density at radius 2 is 2.00 bits per heavy atom. The molecule has 1 fully saturated rings. The summed E-state index contributed by atoms with van der Waals surface area (Å²) in [5.74, 6) is 2.56. The molecular formula is C17H26N2O2. The highest BCUT2D eigenvalue weighted by Crippen LogP contribution is 2.31. The van der Waals surface area contributed by atoms with Gasteiger partial charge in [0.15, 0.2) is 11.5 Å².